The molecular weight excluding hydrogens is 306 g/mol. The highest BCUT2D eigenvalue weighted by Crippen LogP contribution is 2.36. The molecule has 24 heavy (non-hydrogen) atoms. The predicted octanol–water partition coefficient (Wildman–Crippen LogP) is 1.84. The molecule has 6 nitrogen and oxygen atoms in total. The molecule has 0 unspecified atom stereocenters. The molecule has 2 aliphatic rings. The van der Waals surface area contributed by atoms with Crippen LogP contribution in [0, 0.1) is 0 Å². The number of hydrogen-bond donors (Lipinski definition) is 1. The van der Waals surface area contributed by atoms with Gasteiger partial charge in [0.2, 0.25) is 12.7 Å². The zero-order valence-electron chi connectivity index (χ0n) is 14.7. The number of piperidine rings is 1. The van der Waals surface area contributed by atoms with E-state index in [1.807, 2.05) is 6.07 Å². The second-order valence-electron chi connectivity index (χ2n) is 6.65. The summed E-state index contributed by atoms with van der Waals surface area (Å²) in [7, 11) is 3.83. The van der Waals surface area contributed by atoms with Gasteiger partial charge in [-0.15, -0.1) is 0 Å². The lowest BCUT2D eigenvalue weighted by molar-refractivity contribution is -0.121. The molecule has 1 aromatic carbocycles. The van der Waals surface area contributed by atoms with Crippen LogP contribution in [0.1, 0.15) is 26.2 Å². The Labute approximate surface area is 143 Å². The fraction of sp³-hybridized carbons (Fsp3) is 0.611. The van der Waals surface area contributed by atoms with Gasteiger partial charge in [-0.2, -0.15) is 0 Å². The predicted molar refractivity (Wildman–Crippen MR) is 93.7 cm³/mol. The summed E-state index contributed by atoms with van der Waals surface area (Å²) in [4.78, 5) is 16.3. The van der Waals surface area contributed by atoms with E-state index in [2.05, 4.69) is 41.2 Å². The van der Waals surface area contributed by atoms with Crippen LogP contribution in [0.3, 0.4) is 0 Å². The summed E-state index contributed by atoms with van der Waals surface area (Å²) in [6.45, 7) is 4.47. The van der Waals surface area contributed by atoms with Crippen molar-refractivity contribution in [1.29, 1.82) is 0 Å². The minimum Gasteiger partial charge on any atom is -0.454 e. The second-order valence-corrected chi connectivity index (χ2v) is 6.65. The first-order valence-corrected chi connectivity index (χ1v) is 8.65. The molecular formula is C18H27N3O3. The Morgan fingerprint density at radius 2 is 2.04 bits per heavy atom. The Kier molecular flexibility index (Phi) is 5.14. The Bertz CT molecular complexity index is 585. The van der Waals surface area contributed by atoms with Crippen molar-refractivity contribution < 1.29 is 14.3 Å². The van der Waals surface area contributed by atoms with Crippen LogP contribution >= 0.6 is 0 Å². The molecule has 0 aromatic heterocycles. The van der Waals surface area contributed by atoms with Gasteiger partial charge in [0, 0.05) is 50.4 Å². The average Bonchev–Trinajstić information content (AvgIpc) is 3.08. The van der Waals surface area contributed by atoms with Crippen molar-refractivity contribution in [2.45, 2.75) is 38.3 Å². The van der Waals surface area contributed by atoms with Crippen molar-refractivity contribution in [3.05, 3.63) is 18.2 Å². The van der Waals surface area contributed by atoms with Crippen LogP contribution in [0.25, 0.3) is 0 Å². The van der Waals surface area contributed by atoms with Gasteiger partial charge in [0.1, 0.15) is 0 Å². The number of carbonyl (C=O) groups excluding carboxylic acids is 1. The summed E-state index contributed by atoms with van der Waals surface area (Å²) in [6.07, 6.45) is 2.75. The average molecular weight is 333 g/mol. The van der Waals surface area contributed by atoms with Crippen molar-refractivity contribution in [2.24, 2.45) is 0 Å². The molecule has 1 aromatic rings. The zero-order chi connectivity index (χ0) is 17.1. The topological polar surface area (TPSA) is 54.0 Å². The van der Waals surface area contributed by atoms with Gasteiger partial charge < -0.3 is 24.6 Å². The third kappa shape index (κ3) is 3.59. The zero-order valence-corrected chi connectivity index (χ0v) is 14.7. The third-order valence-corrected chi connectivity index (χ3v) is 5.22. The van der Waals surface area contributed by atoms with Crippen LogP contribution in [0.15, 0.2) is 18.2 Å². The molecule has 0 radical (unpaired) electrons. The largest absolute Gasteiger partial charge is 0.454 e. The minimum absolute atomic E-state index is 0.104. The smallest absolute Gasteiger partial charge is 0.231 e. The van der Waals surface area contributed by atoms with E-state index in [4.69, 9.17) is 9.47 Å². The molecule has 2 aliphatic heterocycles. The molecule has 2 heterocycles. The Balaban J connectivity index is 1.54. The van der Waals surface area contributed by atoms with E-state index in [9.17, 15) is 4.79 Å². The molecule has 3 rings (SSSR count). The van der Waals surface area contributed by atoms with Gasteiger partial charge in [-0.3, -0.25) is 4.79 Å². The maximum absolute atomic E-state index is 11.6. The highest BCUT2D eigenvalue weighted by atomic mass is 16.7. The Morgan fingerprint density at radius 3 is 2.75 bits per heavy atom. The van der Waals surface area contributed by atoms with Gasteiger partial charge in [-0.25, -0.2) is 0 Å². The highest BCUT2D eigenvalue weighted by molar-refractivity contribution is 5.76. The van der Waals surface area contributed by atoms with Crippen molar-refractivity contribution in [3.63, 3.8) is 0 Å². The number of nitrogens with one attached hydrogen (secondary N) is 1. The second kappa shape index (κ2) is 7.30. The summed E-state index contributed by atoms with van der Waals surface area (Å²) in [5, 5.41) is 2.71. The lowest BCUT2D eigenvalue weighted by Gasteiger charge is -2.40. The molecule has 0 bridgehead atoms. The van der Waals surface area contributed by atoms with Gasteiger partial charge in [0.05, 0.1) is 0 Å². The molecule has 1 N–H and O–H groups in total. The lowest BCUT2D eigenvalue weighted by atomic mass is 10.0. The van der Waals surface area contributed by atoms with Crippen molar-refractivity contribution >= 4 is 11.6 Å². The number of benzene rings is 1. The van der Waals surface area contributed by atoms with Crippen molar-refractivity contribution in [1.82, 2.24) is 10.2 Å². The highest BCUT2D eigenvalue weighted by Gasteiger charge is 2.27. The fourth-order valence-electron chi connectivity index (χ4n) is 3.49. The van der Waals surface area contributed by atoms with E-state index >= 15 is 0 Å². The molecule has 0 spiro atoms. The summed E-state index contributed by atoms with van der Waals surface area (Å²) in [6, 6.07) is 6.94. The van der Waals surface area contributed by atoms with E-state index in [1.54, 1.807) is 7.05 Å². The van der Waals surface area contributed by atoms with E-state index in [1.165, 1.54) is 5.69 Å². The van der Waals surface area contributed by atoms with E-state index in [-0.39, 0.29) is 11.9 Å². The number of rotatable bonds is 5. The van der Waals surface area contributed by atoms with Gasteiger partial charge in [0.15, 0.2) is 11.5 Å². The van der Waals surface area contributed by atoms with E-state index < -0.39 is 0 Å². The number of carbonyl (C=O) groups is 1. The number of nitrogens with zero attached hydrogens (tertiary/aromatic N) is 2. The molecule has 0 saturated carbocycles. The Morgan fingerprint density at radius 1 is 1.33 bits per heavy atom. The van der Waals surface area contributed by atoms with E-state index in [0.29, 0.717) is 19.3 Å². The molecule has 1 saturated heterocycles. The SMILES string of the molecule is CNC(=O)C[C@@H](C)N(C)C1CCN(c2ccc3c(c2)OCO3)CC1. The number of hydrogen-bond acceptors (Lipinski definition) is 5. The van der Waals surface area contributed by atoms with Gasteiger partial charge in [0.25, 0.3) is 0 Å². The van der Waals surface area contributed by atoms with Crippen LogP contribution in [-0.2, 0) is 4.79 Å². The monoisotopic (exact) mass is 333 g/mol. The number of fused-ring (bicyclic) bond motifs is 1. The van der Waals surface area contributed by atoms with Crippen LogP contribution in [0.4, 0.5) is 5.69 Å². The molecule has 1 atom stereocenters. The minimum atomic E-state index is 0.104. The summed E-state index contributed by atoms with van der Waals surface area (Å²) in [5.74, 6) is 1.77. The standard InChI is InChI=1S/C18H27N3O3/c1-13(10-18(22)19-2)20(3)14-6-8-21(9-7-14)15-4-5-16-17(11-15)24-12-23-16/h4-5,11,13-14H,6-10,12H2,1-3H3,(H,19,22)/t13-/m1/s1. The van der Waals surface area contributed by atoms with Crippen LogP contribution < -0.4 is 19.7 Å². The molecule has 1 amide bonds. The quantitative estimate of drug-likeness (QED) is 0.891. The number of ether oxygens (including phenoxy) is 2. The summed E-state index contributed by atoms with van der Waals surface area (Å²) >= 11 is 0. The Hall–Kier alpha value is -1.95. The maximum Gasteiger partial charge on any atom is 0.231 e. The summed E-state index contributed by atoms with van der Waals surface area (Å²) in [5.41, 5.74) is 1.19. The van der Waals surface area contributed by atoms with Gasteiger partial charge >= 0.3 is 0 Å². The van der Waals surface area contributed by atoms with Crippen molar-refractivity contribution in [3.8, 4) is 11.5 Å². The first-order valence-electron chi connectivity index (χ1n) is 8.65. The van der Waals surface area contributed by atoms with Crippen molar-refractivity contribution in [2.75, 3.05) is 38.9 Å². The van der Waals surface area contributed by atoms with Crippen LogP contribution in [0.5, 0.6) is 11.5 Å². The van der Waals surface area contributed by atoms with Gasteiger partial charge in [-0.05, 0) is 38.9 Å². The number of anilines is 1. The van der Waals surface area contributed by atoms with Crippen LogP contribution in [-0.4, -0.2) is 56.9 Å². The van der Waals surface area contributed by atoms with Gasteiger partial charge in [-0.1, -0.05) is 0 Å². The fourth-order valence-corrected chi connectivity index (χ4v) is 3.49. The lowest BCUT2D eigenvalue weighted by Crippen LogP contribution is -2.47. The molecule has 0 aliphatic carbocycles. The molecule has 132 valence electrons. The maximum atomic E-state index is 11.6. The van der Waals surface area contributed by atoms with Crippen LogP contribution in [0.2, 0.25) is 0 Å². The third-order valence-electron chi connectivity index (χ3n) is 5.22. The summed E-state index contributed by atoms with van der Waals surface area (Å²) < 4.78 is 10.8. The first kappa shape index (κ1) is 16.9. The first-order chi connectivity index (χ1) is 11.6. The number of amides is 1. The molecule has 1 fully saturated rings. The normalized spacial score (nSPS) is 18.8. The van der Waals surface area contributed by atoms with E-state index in [0.717, 1.165) is 37.4 Å². The molecule has 6 heteroatoms.